The van der Waals surface area contributed by atoms with Crippen LogP contribution in [0.5, 0.6) is 5.75 Å². The smallest absolute Gasteiger partial charge is 0.148 e. The van der Waals surface area contributed by atoms with Gasteiger partial charge in [0.25, 0.3) is 0 Å². The highest BCUT2D eigenvalue weighted by Gasteiger charge is 2.27. The van der Waals surface area contributed by atoms with Crippen molar-refractivity contribution in [2.75, 3.05) is 7.11 Å². The Labute approximate surface area is 95.3 Å². The first kappa shape index (κ1) is 9.64. The van der Waals surface area contributed by atoms with Crippen LogP contribution in [0.3, 0.4) is 0 Å². The molecular formula is C14H15NO. The van der Waals surface area contributed by atoms with Crippen LogP contribution in [0.1, 0.15) is 30.0 Å². The zero-order valence-corrected chi connectivity index (χ0v) is 9.66. The number of hydrogen-bond acceptors (Lipinski definition) is 2. The van der Waals surface area contributed by atoms with Gasteiger partial charge in [0.05, 0.1) is 7.11 Å². The van der Waals surface area contributed by atoms with Crippen LogP contribution < -0.4 is 4.74 Å². The Morgan fingerprint density at radius 3 is 2.62 bits per heavy atom. The summed E-state index contributed by atoms with van der Waals surface area (Å²) in [7, 11) is 1.74. The average molecular weight is 213 g/mol. The van der Waals surface area contributed by atoms with Crippen molar-refractivity contribution in [1.29, 1.82) is 0 Å². The molecule has 2 nitrogen and oxygen atoms in total. The van der Waals surface area contributed by atoms with Gasteiger partial charge < -0.3 is 4.74 Å². The van der Waals surface area contributed by atoms with Crippen molar-refractivity contribution in [3.63, 3.8) is 0 Å². The molecule has 1 heterocycles. The monoisotopic (exact) mass is 213 g/mol. The quantitative estimate of drug-likeness (QED) is 0.762. The van der Waals surface area contributed by atoms with E-state index in [4.69, 9.17) is 4.74 Å². The number of nitrogens with zero attached hydrogens (tertiary/aromatic N) is 1. The number of aromatic nitrogens is 1. The Bertz CT molecular complexity index is 544. The van der Waals surface area contributed by atoms with Crippen molar-refractivity contribution in [2.24, 2.45) is 0 Å². The number of ether oxygens (including phenoxy) is 1. The first-order valence-electron chi connectivity index (χ1n) is 5.74. The van der Waals surface area contributed by atoms with E-state index in [1.54, 1.807) is 7.11 Å². The lowest BCUT2D eigenvalue weighted by Gasteiger charge is -2.10. The van der Waals surface area contributed by atoms with Crippen molar-refractivity contribution in [3.05, 3.63) is 35.5 Å². The van der Waals surface area contributed by atoms with Crippen LogP contribution in [0.4, 0.5) is 0 Å². The molecule has 3 rings (SSSR count). The van der Waals surface area contributed by atoms with Gasteiger partial charge >= 0.3 is 0 Å². The first-order valence-corrected chi connectivity index (χ1v) is 5.74. The van der Waals surface area contributed by atoms with Crippen molar-refractivity contribution in [2.45, 2.75) is 25.7 Å². The Morgan fingerprint density at radius 2 is 1.94 bits per heavy atom. The number of methoxy groups -OCH3 is 1. The summed E-state index contributed by atoms with van der Waals surface area (Å²) in [6.07, 6.45) is 2.57. The fourth-order valence-corrected chi connectivity index (χ4v) is 2.21. The minimum absolute atomic E-state index is 0.696. The maximum atomic E-state index is 5.55. The predicted molar refractivity (Wildman–Crippen MR) is 65.0 cm³/mol. The normalized spacial score (nSPS) is 15.4. The molecule has 0 amide bonds. The molecule has 0 spiro atoms. The molecule has 1 aromatic carbocycles. The van der Waals surface area contributed by atoms with Crippen LogP contribution in [-0.4, -0.2) is 12.1 Å². The third kappa shape index (κ3) is 1.45. The maximum absolute atomic E-state index is 5.55. The summed E-state index contributed by atoms with van der Waals surface area (Å²) in [5, 5.41) is 1.16. The summed E-state index contributed by atoms with van der Waals surface area (Å²) in [5.41, 5.74) is 3.37. The van der Waals surface area contributed by atoms with Crippen LogP contribution in [-0.2, 0) is 0 Å². The molecule has 0 aliphatic heterocycles. The number of pyridine rings is 1. The van der Waals surface area contributed by atoms with Gasteiger partial charge in [-0.1, -0.05) is 18.2 Å². The summed E-state index contributed by atoms with van der Waals surface area (Å²) in [6, 6.07) is 8.49. The lowest BCUT2D eigenvalue weighted by atomic mass is 10.1. The molecule has 1 aromatic heterocycles. The van der Waals surface area contributed by atoms with E-state index >= 15 is 0 Å². The summed E-state index contributed by atoms with van der Waals surface area (Å²) >= 11 is 0. The van der Waals surface area contributed by atoms with E-state index in [9.17, 15) is 0 Å². The first-order chi connectivity index (χ1) is 7.79. The van der Waals surface area contributed by atoms with E-state index in [0.29, 0.717) is 5.92 Å². The largest absolute Gasteiger partial charge is 0.494 e. The molecule has 0 unspecified atom stereocenters. The Morgan fingerprint density at radius 1 is 1.19 bits per heavy atom. The van der Waals surface area contributed by atoms with Crippen LogP contribution in [0.25, 0.3) is 10.9 Å². The minimum atomic E-state index is 0.696. The summed E-state index contributed by atoms with van der Waals surface area (Å²) < 4.78 is 5.55. The van der Waals surface area contributed by atoms with Gasteiger partial charge in [0, 0.05) is 11.1 Å². The van der Waals surface area contributed by atoms with E-state index in [1.165, 1.54) is 18.4 Å². The molecular weight excluding hydrogens is 198 g/mol. The van der Waals surface area contributed by atoms with Crippen molar-refractivity contribution in [1.82, 2.24) is 4.98 Å². The van der Waals surface area contributed by atoms with Crippen LogP contribution in [0.15, 0.2) is 24.3 Å². The zero-order chi connectivity index (χ0) is 11.1. The lowest BCUT2D eigenvalue weighted by molar-refractivity contribution is 0.414. The number of hydrogen-bond donors (Lipinski definition) is 0. The number of aryl methyl sites for hydroxylation is 1. The fraction of sp³-hybridized carbons (Fsp3) is 0.357. The topological polar surface area (TPSA) is 22.1 Å². The Balaban J connectivity index is 2.29. The van der Waals surface area contributed by atoms with Gasteiger partial charge in [-0.2, -0.15) is 0 Å². The highest BCUT2D eigenvalue weighted by atomic mass is 16.5. The van der Waals surface area contributed by atoms with E-state index in [0.717, 1.165) is 22.3 Å². The lowest BCUT2D eigenvalue weighted by Crippen LogP contribution is -1.94. The third-order valence-corrected chi connectivity index (χ3v) is 3.21. The molecule has 1 saturated carbocycles. The molecule has 2 aromatic rings. The second kappa shape index (κ2) is 3.48. The molecule has 1 aliphatic rings. The summed E-state index contributed by atoms with van der Waals surface area (Å²) in [4.78, 5) is 4.59. The number of fused-ring (bicyclic) bond motifs is 1. The molecule has 0 saturated heterocycles. The number of benzene rings is 1. The van der Waals surface area contributed by atoms with Gasteiger partial charge in [0.15, 0.2) is 0 Å². The molecule has 2 heteroatoms. The second-order valence-corrected chi connectivity index (χ2v) is 4.49. The van der Waals surface area contributed by atoms with E-state index < -0.39 is 0 Å². The maximum Gasteiger partial charge on any atom is 0.148 e. The Hall–Kier alpha value is -1.57. The van der Waals surface area contributed by atoms with Gasteiger partial charge in [0.1, 0.15) is 11.3 Å². The molecule has 1 fully saturated rings. The SMILES string of the molecule is COc1c(C2CC2)ccc2ccc(C)nc12. The zero-order valence-electron chi connectivity index (χ0n) is 9.66. The van der Waals surface area contributed by atoms with E-state index in [-0.39, 0.29) is 0 Å². The molecule has 1 aliphatic carbocycles. The van der Waals surface area contributed by atoms with Crippen molar-refractivity contribution >= 4 is 10.9 Å². The highest BCUT2D eigenvalue weighted by Crippen LogP contribution is 2.46. The minimum Gasteiger partial charge on any atom is -0.494 e. The molecule has 0 atom stereocenters. The fourth-order valence-electron chi connectivity index (χ4n) is 2.21. The second-order valence-electron chi connectivity index (χ2n) is 4.49. The Kier molecular flexibility index (Phi) is 2.10. The van der Waals surface area contributed by atoms with Crippen LogP contribution in [0, 0.1) is 6.92 Å². The van der Waals surface area contributed by atoms with Crippen molar-refractivity contribution in [3.8, 4) is 5.75 Å². The third-order valence-electron chi connectivity index (χ3n) is 3.21. The van der Waals surface area contributed by atoms with Gasteiger partial charge in [-0.25, -0.2) is 4.98 Å². The van der Waals surface area contributed by atoms with Gasteiger partial charge in [-0.15, -0.1) is 0 Å². The highest BCUT2D eigenvalue weighted by molar-refractivity contribution is 5.86. The van der Waals surface area contributed by atoms with Gasteiger partial charge in [0.2, 0.25) is 0 Å². The van der Waals surface area contributed by atoms with Crippen LogP contribution in [0.2, 0.25) is 0 Å². The van der Waals surface area contributed by atoms with E-state index in [1.807, 2.05) is 13.0 Å². The summed E-state index contributed by atoms with van der Waals surface area (Å²) in [6.45, 7) is 2.02. The standard InChI is InChI=1S/C14H15NO/c1-9-3-4-11-7-8-12(10-5-6-10)14(16-2)13(11)15-9/h3-4,7-8,10H,5-6H2,1-2H3. The van der Waals surface area contributed by atoms with Crippen LogP contribution >= 0.6 is 0 Å². The number of rotatable bonds is 2. The summed E-state index contributed by atoms with van der Waals surface area (Å²) in [5.74, 6) is 1.67. The van der Waals surface area contributed by atoms with Crippen molar-refractivity contribution < 1.29 is 4.74 Å². The van der Waals surface area contributed by atoms with Gasteiger partial charge in [-0.3, -0.25) is 0 Å². The molecule has 82 valence electrons. The van der Waals surface area contributed by atoms with E-state index in [2.05, 4.69) is 23.2 Å². The molecule has 16 heavy (non-hydrogen) atoms. The average Bonchev–Trinajstić information content (AvgIpc) is 3.11. The molecule has 0 bridgehead atoms. The predicted octanol–water partition coefficient (Wildman–Crippen LogP) is 3.43. The molecule has 0 N–H and O–H groups in total. The van der Waals surface area contributed by atoms with Gasteiger partial charge in [-0.05, 0) is 37.3 Å². The molecule has 0 radical (unpaired) electrons.